The second kappa shape index (κ2) is 8.08. The van der Waals surface area contributed by atoms with Gasteiger partial charge in [-0.25, -0.2) is 9.97 Å². The molecule has 150 valence electrons. The van der Waals surface area contributed by atoms with Gasteiger partial charge in [-0.05, 0) is 48.5 Å². The lowest BCUT2D eigenvalue weighted by atomic mass is 10.1. The largest absolute Gasteiger partial charge is 0.456 e. The Labute approximate surface area is 177 Å². The van der Waals surface area contributed by atoms with E-state index in [1.165, 1.54) is 0 Å². The van der Waals surface area contributed by atoms with Gasteiger partial charge in [0.15, 0.2) is 5.13 Å². The molecule has 30 heavy (non-hydrogen) atoms. The molecule has 4 heterocycles. The number of fused-ring (bicyclic) bond motifs is 1. The number of nitrogens with zero attached hydrogens (tertiary/aromatic N) is 5. The maximum Gasteiger partial charge on any atom is 0.253 e. The van der Waals surface area contributed by atoms with Crippen molar-refractivity contribution >= 4 is 32.7 Å². The Balaban J connectivity index is 1.21. The second-order valence-electron chi connectivity index (χ2n) is 6.92. The van der Waals surface area contributed by atoms with Gasteiger partial charge in [0.1, 0.15) is 21.8 Å². The molecule has 1 amide bonds. The van der Waals surface area contributed by atoms with Crippen LogP contribution in [0, 0.1) is 0 Å². The zero-order valence-corrected chi connectivity index (χ0v) is 17.0. The van der Waals surface area contributed by atoms with E-state index in [2.05, 4.69) is 19.9 Å². The number of anilines is 1. The first-order valence-corrected chi connectivity index (χ1v) is 10.5. The van der Waals surface area contributed by atoms with Gasteiger partial charge in [0.2, 0.25) is 0 Å². The Morgan fingerprint density at radius 3 is 2.47 bits per heavy atom. The monoisotopic (exact) mass is 417 g/mol. The van der Waals surface area contributed by atoms with Crippen molar-refractivity contribution in [1.29, 1.82) is 0 Å². The van der Waals surface area contributed by atoms with Gasteiger partial charge in [-0.15, -0.1) is 0 Å². The maximum absolute atomic E-state index is 12.9. The Morgan fingerprint density at radius 2 is 1.73 bits per heavy atom. The molecule has 1 aliphatic rings. The van der Waals surface area contributed by atoms with Crippen LogP contribution in [0.15, 0.2) is 67.1 Å². The summed E-state index contributed by atoms with van der Waals surface area (Å²) >= 11 is 1.59. The Hall–Kier alpha value is -3.52. The molecular formula is C22H19N5O2S. The van der Waals surface area contributed by atoms with E-state index >= 15 is 0 Å². The molecule has 3 aromatic heterocycles. The van der Waals surface area contributed by atoms with E-state index < -0.39 is 0 Å². The molecule has 1 fully saturated rings. The number of piperazine rings is 1. The third kappa shape index (κ3) is 3.81. The van der Waals surface area contributed by atoms with E-state index in [1.807, 2.05) is 41.3 Å². The standard InChI is InChI=1S/C22H19N5O2S/c28-21(16-5-7-17(8-6-16)29-18-3-1-9-23-15-18)26-11-13-27(14-12-26)22-25-19-4-2-10-24-20(19)30-22/h1-10,15H,11-14H2. The molecule has 0 bridgehead atoms. The van der Waals surface area contributed by atoms with Crippen molar-refractivity contribution in [2.45, 2.75) is 0 Å². The molecule has 0 atom stereocenters. The van der Waals surface area contributed by atoms with Crippen molar-refractivity contribution in [2.75, 3.05) is 31.1 Å². The summed E-state index contributed by atoms with van der Waals surface area (Å²) in [5, 5.41) is 0.965. The highest BCUT2D eigenvalue weighted by molar-refractivity contribution is 7.21. The van der Waals surface area contributed by atoms with Crippen molar-refractivity contribution in [1.82, 2.24) is 19.9 Å². The molecule has 0 radical (unpaired) electrons. The van der Waals surface area contributed by atoms with Gasteiger partial charge in [-0.3, -0.25) is 9.78 Å². The van der Waals surface area contributed by atoms with E-state index in [4.69, 9.17) is 4.74 Å². The second-order valence-corrected chi connectivity index (χ2v) is 7.87. The molecular weight excluding hydrogens is 398 g/mol. The summed E-state index contributed by atoms with van der Waals surface area (Å²) in [6, 6.07) is 14.8. The van der Waals surface area contributed by atoms with E-state index in [9.17, 15) is 4.79 Å². The first kappa shape index (κ1) is 18.5. The first-order valence-electron chi connectivity index (χ1n) is 9.70. The number of carbonyl (C=O) groups excluding carboxylic acids is 1. The third-order valence-corrected chi connectivity index (χ3v) is 6.00. The van der Waals surface area contributed by atoms with Gasteiger partial charge < -0.3 is 14.5 Å². The summed E-state index contributed by atoms with van der Waals surface area (Å²) in [6.07, 6.45) is 5.14. The van der Waals surface area contributed by atoms with Crippen molar-refractivity contribution in [2.24, 2.45) is 0 Å². The van der Waals surface area contributed by atoms with E-state index in [0.29, 0.717) is 30.2 Å². The van der Waals surface area contributed by atoms with Gasteiger partial charge in [-0.2, -0.15) is 0 Å². The predicted octanol–water partition coefficient (Wildman–Crippen LogP) is 3.84. The molecule has 0 saturated carbocycles. The van der Waals surface area contributed by atoms with Crippen LogP contribution in [0.4, 0.5) is 5.13 Å². The van der Waals surface area contributed by atoms with Gasteiger partial charge in [0.25, 0.3) is 5.91 Å². The fourth-order valence-electron chi connectivity index (χ4n) is 3.39. The van der Waals surface area contributed by atoms with Crippen LogP contribution in [0.1, 0.15) is 10.4 Å². The Bertz CT molecular complexity index is 1120. The summed E-state index contributed by atoms with van der Waals surface area (Å²) in [6.45, 7) is 2.84. The van der Waals surface area contributed by atoms with Gasteiger partial charge in [0.05, 0.1) is 6.20 Å². The summed E-state index contributed by atoms with van der Waals surface area (Å²) in [5.41, 5.74) is 1.58. The SMILES string of the molecule is O=C(c1ccc(Oc2cccnc2)cc1)N1CCN(c2nc3cccnc3s2)CC1. The average molecular weight is 417 g/mol. The fraction of sp³-hybridized carbons (Fsp3) is 0.182. The number of benzene rings is 1. The van der Waals surface area contributed by atoms with Crippen LogP contribution in [0.3, 0.4) is 0 Å². The van der Waals surface area contributed by atoms with Gasteiger partial charge in [0, 0.05) is 44.1 Å². The highest BCUT2D eigenvalue weighted by Gasteiger charge is 2.24. The van der Waals surface area contributed by atoms with Crippen LogP contribution in [-0.2, 0) is 0 Å². The highest BCUT2D eigenvalue weighted by atomic mass is 32.1. The highest BCUT2D eigenvalue weighted by Crippen LogP contribution is 2.28. The van der Waals surface area contributed by atoms with E-state index in [1.54, 1.807) is 42.1 Å². The molecule has 1 aromatic carbocycles. The van der Waals surface area contributed by atoms with Crippen LogP contribution in [0.5, 0.6) is 11.5 Å². The number of pyridine rings is 2. The first-order chi connectivity index (χ1) is 14.8. The Kier molecular flexibility index (Phi) is 4.98. The normalized spacial score (nSPS) is 14.1. The molecule has 7 nitrogen and oxygen atoms in total. The smallest absolute Gasteiger partial charge is 0.253 e. The number of aromatic nitrogens is 3. The van der Waals surface area contributed by atoms with Crippen LogP contribution in [0.25, 0.3) is 10.3 Å². The number of rotatable bonds is 4. The van der Waals surface area contributed by atoms with Gasteiger partial charge in [-0.1, -0.05) is 11.3 Å². The summed E-state index contributed by atoms with van der Waals surface area (Å²) in [7, 11) is 0. The minimum atomic E-state index is 0.0357. The maximum atomic E-state index is 12.9. The number of hydrogen-bond donors (Lipinski definition) is 0. The topological polar surface area (TPSA) is 71.5 Å². The summed E-state index contributed by atoms with van der Waals surface area (Å²) in [4.78, 5) is 31.0. The molecule has 1 saturated heterocycles. The lowest BCUT2D eigenvalue weighted by Gasteiger charge is -2.34. The molecule has 5 rings (SSSR count). The molecule has 0 aliphatic carbocycles. The minimum Gasteiger partial charge on any atom is -0.456 e. The molecule has 1 aliphatic heterocycles. The lowest BCUT2D eigenvalue weighted by Crippen LogP contribution is -2.48. The van der Waals surface area contributed by atoms with Crippen LogP contribution in [-0.4, -0.2) is 51.9 Å². The summed E-state index contributed by atoms with van der Waals surface area (Å²) in [5.74, 6) is 1.38. The molecule has 0 unspecified atom stereocenters. The molecule has 4 aromatic rings. The number of thiazole rings is 1. The van der Waals surface area contributed by atoms with Crippen molar-refractivity contribution in [3.8, 4) is 11.5 Å². The van der Waals surface area contributed by atoms with Crippen molar-refractivity contribution in [3.63, 3.8) is 0 Å². The number of hydrogen-bond acceptors (Lipinski definition) is 7. The fourth-order valence-corrected chi connectivity index (χ4v) is 4.35. The number of amides is 1. The summed E-state index contributed by atoms with van der Waals surface area (Å²) < 4.78 is 5.74. The zero-order valence-electron chi connectivity index (χ0n) is 16.1. The molecule has 0 spiro atoms. The number of carbonyl (C=O) groups is 1. The zero-order chi connectivity index (χ0) is 20.3. The average Bonchev–Trinajstić information content (AvgIpc) is 3.24. The number of ether oxygens (including phenoxy) is 1. The van der Waals surface area contributed by atoms with Crippen molar-refractivity contribution in [3.05, 3.63) is 72.7 Å². The van der Waals surface area contributed by atoms with Gasteiger partial charge >= 0.3 is 0 Å². The third-order valence-electron chi connectivity index (χ3n) is 4.96. The lowest BCUT2D eigenvalue weighted by molar-refractivity contribution is 0.0747. The predicted molar refractivity (Wildman–Crippen MR) is 116 cm³/mol. The Morgan fingerprint density at radius 1 is 0.933 bits per heavy atom. The van der Waals surface area contributed by atoms with Crippen LogP contribution >= 0.6 is 11.3 Å². The quantitative estimate of drug-likeness (QED) is 0.502. The van der Waals surface area contributed by atoms with Crippen LogP contribution in [0.2, 0.25) is 0 Å². The molecule has 8 heteroatoms. The van der Waals surface area contributed by atoms with E-state index in [-0.39, 0.29) is 5.91 Å². The molecule has 0 N–H and O–H groups in total. The van der Waals surface area contributed by atoms with E-state index in [0.717, 1.165) is 28.6 Å². The van der Waals surface area contributed by atoms with Crippen LogP contribution < -0.4 is 9.64 Å². The van der Waals surface area contributed by atoms with Crippen molar-refractivity contribution < 1.29 is 9.53 Å². The minimum absolute atomic E-state index is 0.0357.